The zero-order valence-electron chi connectivity index (χ0n) is 20.5. The largest absolute Gasteiger partial charge is 0.493 e. The van der Waals surface area contributed by atoms with E-state index in [1.54, 1.807) is 7.11 Å². The van der Waals surface area contributed by atoms with Crippen molar-refractivity contribution in [3.63, 3.8) is 0 Å². The summed E-state index contributed by atoms with van der Waals surface area (Å²) < 4.78 is 11.5. The molecule has 1 radical (unpaired) electrons. The third-order valence-corrected chi connectivity index (χ3v) is 6.24. The van der Waals surface area contributed by atoms with E-state index >= 15 is 0 Å². The molecule has 177 valence electrons. The number of benzene rings is 3. The fourth-order valence-electron chi connectivity index (χ4n) is 4.38. The molecule has 0 aliphatic carbocycles. The Bertz CT molecular complexity index is 1130. The van der Waals surface area contributed by atoms with E-state index in [-0.39, 0.29) is 5.41 Å². The molecule has 0 fully saturated rings. The lowest BCUT2D eigenvalue weighted by atomic mass is 9.76. The van der Waals surface area contributed by atoms with Crippen molar-refractivity contribution in [1.82, 2.24) is 0 Å². The van der Waals surface area contributed by atoms with Gasteiger partial charge in [0.1, 0.15) is 30.9 Å². The van der Waals surface area contributed by atoms with E-state index in [0.717, 1.165) is 36.3 Å². The maximum absolute atomic E-state index is 6.00. The van der Waals surface area contributed by atoms with E-state index in [2.05, 4.69) is 60.3 Å². The molecular formula is C29H33N2O3. The zero-order valence-corrected chi connectivity index (χ0v) is 20.5. The third kappa shape index (κ3) is 5.36. The van der Waals surface area contributed by atoms with Gasteiger partial charge in [-0.25, -0.2) is 0 Å². The normalized spacial score (nSPS) is 14.9. The highest BCUT2D eigenvalue weighted by molar-refractivity contribution is 6.13. The number of rotatable bonds is 9. The highest BCUT2D eigenvalue weighted by atomic mass is 16.6. The van der Waals surface area contributed by atoms with Crippen LogP contribution in [0.25, 0.3) is 0 Å². The Morgan fingerprint density at radius 2 is 1.74 bits per heavy atom. The summed E-state index contributed by atoms with van der Waals surface area (Å²) in [6.07, 6.45) is 1.07. The molecule has 34 heavy (non-hydrogen) atoms. The Balaban J connectivity index is 1.54. The minimum Gasteiger partial charge on any atom is -0.493 e. The molecule has 0 spiro atoms. The van der Waals surface area contributed by atoms with Crippen molar-refractivity contribution in [2.45, 2.75) is 32.6 Å². The van der Waals surface area contributed by atoms with Crippen LogP contribution in [0.3, 0.4) is 0 Å². The first-order valence-electron chi connectivity index (χ1n) is 11.9. The van der Waals surface area contributed by atoms with Gasteiger partial charge < -0.3 is 19.2 Å². The predicted octanol–water partition coefficient (Wildman–Crippen LogP) is 5.85. The minimum atomic E-state index is 0.0666. The summed E-state index contributed by atoms with van der Waals surface area (Å²) in [5.74, 6) is 1.42. The smallest absolute Gasteiger partial charge is 0.131 e. The van der Waals surface area contributed by atoms with Crippen molar-refractivity contribution >= 4 is 11.4 Å². The fourth-order valence-corrected chi connectivity index (χ4v) is 4.38. The average Bonchev–Trinajstić information content (AvgIpc) is 2.85. The molecular weight excluding hydrogens is 424 g/mol. The van der Waals surface area contributed by atoms with Crippen LogP contribution in [0.4, 0.5) is 5.69 Å². The van der Waals surface area contributed by atoms with Crippen LogP contribution in [-0.4, -0.2) is 39.1 Å². The summed E-state index contributed by atoms with van der Waals surface area (Å²) in [4.78, 5) is 7.61. The molecule has 0 amide bonds. The maximum atomic E-state index is 6.00. The van der Waals surface area contributed by atoms with E-state index in [4.69, 9.17) is 14.3 Å². The molecule has 0 N–H and O–H groups in total. The van der Waals surface area contributed by atoms with Crippen molar-refractivity contribution < 1.29 is 14.3 Å². The van der Waals surface area contributed by atoms with Gasteiger partial charge in [-0.3, -0.25) is 0 Å². The van der Waals surface area contributed by atoms with Gasteiger partial charge in [0.2, 0.25) is 0 Å². The van der Waals surface area contributed by atoms with Crippen molar-refractivity contribution in [3.8, 4) is 11.5 Å². The Hall–Kier alpha value is -3.47. The maximum Gasteiger partial charge on any atom is 0.131 e. The molecule has 1 aliphatic heterocycles. The molecule has 0 saturated carbocycles. The second-order valence-corrected chi connectivity index (χ2v) is 9.00. The van der Waals surface area contributed by atoms with E-state index in [1.807, 2.05) is 43.3 Å². The van der Waals surface area contributed by atoms with Gasteiger partial charge in [0.05, 0.1) is 19.2 Å². The summed E-state index contributed by atoms with van der Waals surface area (Å²) >= 11 is 0. The third-order valence-electron chi connectivity index (χ3n) is 6.24. The molecule has 5 nitrogen and oxygen atoms in total. The van der Waals surface area contributed by atoms with E-state index in [0.29, 0.717) is 24.7 Å². The fraction of sp³-hybridized carbons (Fsp3) is 0.345. The summed E-state index contributed by atoms with van der Waals surface area (Å²) in [5.41, 5.74) is 5.57. The number of ether oxygens (including phenoxy) is 2. The average molecular weight is 458 g/mol. The molecule has 0 bridgehead atoms. The van der Waals surface area contributed by atoms with Crippen LogP contribution < -0.4 is 14.4 Å². The second-order valence-electron chi connectivity index (χ2n) is 9.00. The quantitative estimate of drug-likeness (QED) is 0.299. The number of hydrogen-bond donors (Lipinski definition) is 0. The van der Waals surface area contributed by atoms with Gasteiger partial charge in [-0.1, -0.05) is 61.5 Å². The lowest BCUT2D eigenvalue weighted by molar-refractivity contribution is 0.214. The molecule has 0 unspecified atom stereocenters. The summed E-state index contributed by atoms with van der Waals surface area (Å²) in [6, 6.07) is 25.7. The monoisotopic (exact) mass is 457 g/mol. The van der Waals surface area contributed by atoms with Crippen LogP contribution >= 0.6 is 0 Å². The highest BCUT2D eigenvalue weighted by Crippen LogP contribution is 2.40. The number of nitrogens with zero attached hydrogens (tertiary/aromatic N) is 2. The van der Waals surface area contributed by atoms with Gasteiger partial charge >= 0.3 is 0 Å². The minimum absolute atomic E-state index is 0.0666. The van der Waals surface area contributed by atoms with Crippen molar-refractivity contribution in [2.24, 2.45) is 5.16 Å². The van der Waals surface area contributed by atoms with E-state index in [1.165, 1.54) is 11.3 Å². The summed E-state index contributed by atoms with van der Waals surface area (Å²) in [6.45, 7) is 9.57. The van der Waals surface area contributed by atoms with Crippen LogP contribution in [0.1, 0.15) is 43.9 Å². The van der Waals surface area contributed by atoms with Crippen molar-refractivity contribution in [1.29, 1.82) is 0 Å². The molecule has 3 aromatic rings. The van der Waals surface area contributed by atoms with Crippen LogP contribution in [0.5, 0.6) is 11.5 Å². The first kappa shape index (κ1) is 23.7. The Morgan fingerprint density at radius 3 is 2.47 bits per heavy atom. The standard InChI is InChI=1S/C29H33N2O3/c1-5-33-24-12-9-13-25(21-24)34-19-18-31-17-16-29(2,3)26-20-23(14-15-27(26)31)28(30-32-4)22-10-7-6-8-11-22/h6-15,20H,5,16-19H2,1-4H3. The molecule has 0 aromatic heterocycles. The Kier molecular flexibility index (Phi) is 7.41. The number of anilines is 1. The van der Waals surface area contributed by atoms with E-state index in [9.17, 15) is 0 Å². The number of hydrogen-bond acceptors (Lipinski definition) is 5. The summed E-state index contributed by atoms with van der Waals surface area (Å²) in [7, 11) is 1.59. The molecule has 3 aromatic carbocycles. The lowest BCUT2D eigenvalue weighted by Gasteiger charge is -2.40. The van der Waals surface area contributed by atoms with Gasteiger partial charge in [-0.2, -0.15) is 0 Å². The predicted molar refractivity (Wildman–Crippen MR) is 137 cm³/mol. The zero-order chi connectivity index (χ0) is 24.0. The van der Waals surface area contributed by atoms with Crippen LogP contribution in [-0.2, 0) is 10.3 Å². The van der Waals surface area contributed by atoms with Gasteiger partial charge in [0, 0.05) is 23.4 Å². The molecule has 5 heteroatoms. The highest BCUT2D eigenvalue weighted by Gasteiger charge is 2.31. The number of fused-ring (bicyclic) bond motifs is 1. The topological polar surface area (TPSA) is 43.3 Å². The van der Waals surface area contributed by atoms with Gasteiger partial charge in [-0.05, 0) is 48.6 Å². The van der Waals surface area contributed by atoms with E-state index < -0.39 is 0 Å². The molecule has 0 saturated heterocycles. The summed E-state index contributed by atoms with van der Waals surface area (Å²) in [5, 5.41) is 4.35. The van der Waals surface area contributed by atoms with Crippen molar-refractivity contribution in [2.75, 3.05) is 38.3 Å². The number of oxime groups is 1. The van der Waals surface area contributed by atoms with Crippen LogP contribution in [0.2, 0.25) is 0 Å². The van der Waals surface area contributed by atoms with Crippen LogP contribution in [0, 0.1) is 6.07 Å². The molecule has 1 aliphatic rings. The van der Waals surface area contributed by atoms with Gasteiger partial charge in [-0.15, -0.1) is 0 Å². The van der Waals surface area contributed by atoms with Crippen LogP contribution in [0.15, 0.2) is 71.9 Å². The lowest BCUT2D eigenvalue weighted by Crippen LogP contribution is -2.39. The first-order valence-corrected chi connectivity index (χ1v) is 11.9. The molecule has 1 heterocycles. The SMILES string of the molecule is CCOc1[c]c(OCCN2CCC(C)(C)c3cc(C(=NOC)c4ccccc4)ccc32)ccc1. The second kappa shape index (κ2) is 10.6. The first-order chi connectivity index (χ1) is 16.5. The Labute approximate surface area is 203 Å². The van der Waals surface area contributed by atoms with Crippen molar-refractivity contribution in [3.05, 3.63) is 89.5 Å². The molecule has 0 atom stereocenters. The molecule has 4 rings (SSSR count). The Morgan fingerprint density at radius 1 is 0.971 bits per heavy atom. The van der Waals surface area contributed by atoms with Gasteiger partial charge in [0.25, 0.3) is 0 Å². The van der Waals surface area contributed by atoms with Gasteiger partial charge in [0.15, 0.2) is 0 Å².